The van der Waals surface area contributed by atoms with Crippen LogP contribution in [-0.2, 0) is 53.1 Å². The topological polar surface area (TPSA) is 198 Å². The van der Waals surface area contributed by atoms with Crippen molar-refractivity contribution in [2.45, 2.75) is 90.2 Å². The number of carbonyl (C=O) groups excluding carboxylic acids is 5. The Morgan fingerprint density at radius 3 is 1.72 bits per heavy atom. The first kappa shape index (κ1) is 46.4. The van der Waals surface area contributed by atoms with E-state index in [1.165, 1.54) is 0 Å². The summed E-state index contributed by atoms with van der Waals surface area (Å²) in [5, 5.41) is 8.41. The van der Waals surface area contributed by atoms with Gasteiger partial charge < -0.3 is 44.4 Å². The van der Waals surface area contributed by atoms with Crippen LogP contribution in [0.15, 0.2) is 72.8 Å². The molecule has 3 rings (SSSR count). The van der Waals surface area contributed by atoms with Gasteiger partial charge in [-0.3, -0.25) is 14.4 Å². The minimum absolute atomic E-state index is 0.0269. The number of urea groups is 1. The van der Waals surface area contributed by atoms with Crippen LogP contribution in [0.2, 0.25) is 0 Å². The second-order valence-corrected chi connectivity index (χ2v) is 14.2. The van der Waals surface area contributed by atoms with E-state index >= 15 is 0 Å². The lowest BCUT2D eigenvalue weighted by molar-refractivity contribution is -0.148. The maximum Gasteiger partial charge on any atom is 0.431 e. The molecule has 0 aliphatic heterocycles. The van der Waals surface area contributed by atoms with E-state index in [1.807, 2.05) is 24.3 Å². The molecule has 16 nitrogen and oxygen atoms in total. The largest absolute Gasteiger partial charge is 0.497 e. The number of rotatable bonds is 23. The average Bonchev–Trinajstić information content (AvgIpc) is 3.20. The maximum atomic E-state index is 13.5. The standard InChI is InChI=1S/C42H56N4O12/c1-42(2,3)58-41(51)46-57-28-37(47)43-24-8-7-9-32(25-29-10-16-33(52-4)17-11-29)44-40(50)45-36(39(49)56-27-31-14-20-35(54-6)21-15-31)22-23-38(48)55-26-30-12-18-34(53-5)19-13-30/h10-21,32,36H,7-9,22-28H2,1-6H3,(H,43,47)(H,46,51)(H2,44,45,50). The molecule has 2 atom stereocenters. The fourth-order valence-corrected chi connectivity index (χ4v) is 5.36. The first-order valence-electron chi connectivity index (χ1n) is 18.9. The Morgan fingerprint density at radius 1 is 0.655 bits per heavy atom. The monoisotopic (exact) mass is 808 g/mol. The molecule has 0 aromatic heterocycles. The fraction of sp³-hybridized carbons (Fsp3) is 0.452. The van der Waals surface area contributed by atoms with Gasteiger partial charge >= 0.3 is 24.1 Å². The third-order valence-electron chi connectivity index (χ3n) is 8.36. The van der Waals surface area contributed by atoms with Crippen LogP contribution < -0.4 is 35.6 Å². The van der Waals surface area contributed by atoms with Gasteiger partial charge in [0.05, 0.1) is 21.3 Å². The van der Waals surface area contributed by atoms with Crippen LogP contribution in [0.5, 0.6) is 17.2 Å². The van der Waals surface area contributed by atoms with Gasteiger partial charge in [-0.15, -0.1) is 0 Å². The van der Waals surface area contributed by atoms with Crippen LogP contribution in [0, 0.1) is 0 Å². The summed E-state index contributed by atoms with van der Waals surface area (Å²) in [4.78, 5) is 68.5. The van der Waals surface area contributed by atoms with Crippen LogP contribution in [0.4, 0.5) is 9.59 Å². The van der Waals surface area contributed by atoms with Crippen LogP contribution in [0.1, 0.15) is 69.6 Å². The quantitative estimate of drug-likeness (QED) is 0.0418. The normalized spacial score (nSPS) is 11.9. The van der Waals surface area contributed by atoms with E-state index in [1.54, 1.807) is 90.6 Å². The summed E-state index contributed by atoms with van der Waals surface area (Å²) in [6, 6.07) is 19.3. The molecule has 0 aliphatic carbocycles. The van der Waals surface area contributed by atoms with Crippen LogP contribution >= 0.6 is 0 Å². The van der Waals surface area contributed by atoms with Gasteiger partial charge in [0.2, 0.25) is 5.91 Å². The molecule has 4 N–H and O–H groups in total. The van der Waals surface area contributed by atoms with Gasteiger partial charge in [-0.25, -0.2) is 14.4 Å². The molecule has 0 fully saturated rings. The summed E-state index contributed by atoms with van der Waals surface area (Å²) >= 11 is 0. The van der Waals surface area contributed by atoms with Gasteiger partial charge in [0, 0.05) is 19.0 Å². The summed E-state index contributed by atoms with van der Waals surface area (Å²) in [5.74, 6) is 0.294. The number of hydroxylamine groups is 1. The van der Waals surface area contributed by atoms with E-state index in [9.17, 15) is 24.0 Å². The minimum Gasteiger partial charge on any atom is -0.497 e. The Hall–Kier alpha value is -6.03. The molecule has 316 valence electrons. The number of benzene rings is 3. The second kappa shape index (κ2) is 24.6. The Kier molecular flexibility index (Phi) is 19.6. The summed E-state index contributed by atoms with van der Waals surface area (Å²) < 4.78 is 31.7. The molecule has 4 amide bonds. The van der Waals surface area contributed by atoms with Crippen molar-refractivity contribution in [1.82, 2.24) is 21.4 Å². The molecule has 0 saturated heterocycles. The summed E-state index contributed by atoms with van der Waals surface area (Å²) in [7, 11) is 4.68. The maximum absolute atomic E-state index is 13.5. The lowest BCUT2D eigenvalue weighted by atomic mass is 10.0. The fourth-order valence-electron chi connectivity index (χ4n) is 5.36. The highest BCUT2D eigenvalue weighted by atomic mass is 16.7. The lowest BCUT2D eigenvalue weighted by Crippen LogP contribution is -2.50. The first-order chi connectivity index (χ1) is 27.8. The molecule has 3 aromatic rings. The van der Waals surface area contributed by atoms with E-state index in [-0.39, 0.29) is 32.1 Å². The molecule has 58 heavy (non-hydrogen) atoms. The molecule has 0 radical (unpaired) electrons. The van der Waals surface area contributed by atoms with Crippen molar-refractivity contribution >= 4 is 30.0 Å². The second-order valence-electron chi connectivity index (χ2n) is 14.2. The average molecular weight is 809 g/mol. The molecule has 0 spiro atoms. The number of hydrogen-bond acceptors (Lipinski definition) is 12. The number of methoxy groups -OCH3 is 3. The number of carbonyl (C=O) groups is 5. The predicted molar refractivity (Wildman–Crippen MR) is 213 cm³/mol. The Balaban J connectivity index is 1.59. The smallest absolute Gasteiger partial charge is 0.431 e. The molecule has 0 heterocycles. The molecular formula is C42H56N4O12. The van der Waals surface area contributed by atoms with Crippen molar-refractivity contribution in [3.8, 4) is 17.2 Å². The van der Waals surface area contributed by atoms with Gasteiger partial charge in [0.1, 0.15) is 42.1 Å². The SMILES string of the molecule is COc1ccc(COC(=O)CCC(NC(=O)NC(CCCCNC(=O)CONC(=O)OC(C)(C)C)Cc2ccc(OC)cc2)C(=O)OCc2ccc(OC)cc2)cc1. The van der Waals surface area contributed by atoms with Crippen molar-refractivity contribution in [2.75, 3.05) is 34.5 Å². The Morgan fingerprint density at radius 2 is 1.19 bits per heavy atom. The van der Waals surface area contributed by atoms with Crippen molar-refractivity contribution < 1.29 is 57.2 Å². The number of unbranched alkanes of at least 4 members (excludes halogenated alkanes) is 1. The third kappa shape index (κ3) is 18.7. The molecule has 3 aromatic carbocycles. The number of amides is 4. The summed E-state index contributed by atoms with van der Waals surface area (Å²) in [6.07, 6.45) is 1.13. The molecule has 16 heteroatoms. The van der Waals surface area contributed by atoms with Gasteiger partial charge in [-0.2, -0.15) is 5.48 Å². The van der Waals surface area contributed by atoms with E-state index < -0.39 is 48.2 Å². The molecule has 0 saturated carbocycles. The van der Waals surface area contributed by atoms with Gasteiger partial charge in [-0.1, -0.05) is 36.4 Å². The highest BCUT2D eigenvalue weighted by molar-refractivity contribution is 5.84. The Bertz CT molecular complexity index is 1730. The summed E-state index contributed by atoms with van der Waals surface area (Å²) in [6.45, 7) is 5.01. The highest BCUT2D eigenvalue weighted by Crippen LogP contribution is 2.17. The van der Waals surface area contributed by atoms with Crippen molar-refractivity contribution in [3.63, 3.8) is 0 Å². The van der Waals surface area contributed by atoms with E-state index in [4.69, 9.17) is 33.3 Å². The molecular weight excluding hydrogens is 752 g/mol. The first-order valence-corrected chi connectivity index (χ1v) is 18.9. The van der Waals surface area contributed by atoms with Gasteiger partial charge in [0.15, 0.2) is 6.61 Å². The number of nitrogens with one attached hydrogen (secondary N) is 4. The third-order valence-corrected chi connectivity index (χ3v) is 8.36. The van der Waals surface area contributed by atoms with E-state index in [0.717, 1.165) is 11.1 Å². The number of esters is 2. The minimum atomic E-state index is -1.17. The number of hydrogen-bond donors (Lipinski definition) is 4. The van der Waals surface area contributed by atoms with Crippen molar-refractivity contribution in [2.24, 2.45) is 0 Å². The van der Waals surface area contributed by atoms with Crippen molar-refractivity contribution in [3.05, 3.63) is 89.5 Å². The van der Waals surface area contributed by atoms with Crippen LogP contribution in [-0.4, -0.2) is 82.1 Å². The predicted octanol–water partition coefficient (Wildman–Crippen LogP) is 5.30. The van der Waals surface area contributed by atoms with Gasteiger partial charge in [0.25, 0.3) is 0 Å². The molecule has 0 aliphatic rings. The van der Waals surface area contributed by atoms with Crippen LogP contribution in [0.3, 0.4) is 0 Å². The highest BCUT2D eigenvalue weighted by Gasteiger charge is 2.25. The zero-order chi connectivity index (χ0) is 42.3. The van der Waals surface area contributed by atoms with Crippen molar-refractivity contribution in [1.29, 1.82) is 0 Å². The lowest BCUT2D eigenvalue weighted by Gasteiger charge is -2.23. The zero-order valence-electron chi connectivity index (χ0n) is 34.1. The Labute approximate surface area is 339 Å². The van der Waals surface area contributed by atoms with Crippen LogP contribution in [0.25, 0.3) is 0 Å². The summed E-state index contributed by atoms with van der Waals surface area (Å²) in [5.41, 5.74) is 3.75. The zero-order valence-corrected chi connectivity index (χ0v) is 34.1. The molecule has 2 unspecified atom stereocenters. The number of ether oxygens (including phenoxy) is 6. The van der Waals surface area contributed by atoms with E-state index in [2.05, 4.69) is 21.4 Å². The molecule has 0 bridgehead atoms. The van der Waals surface area contributed by atoms with E-state index in [0.29, 0.717) is 55.0 Å². The van der Waals surface area contributed by atoms with Gasteiger partial charge in [-0.05, 0) is 106 Å².